The number of carboxylic acids is 2. The van der Waals surface area contributed by atoms with Crippen molar-refractivity contribution in [1.29, 1.82) is 0 Å². The van der Waals surface area contributed by atoms with Crippen molar-refractivity contribution in [3.05, 3.63) is 24.3 Å². The van der Waals surface area contributed by atoms with E-state index in [1.54, 1.807) is 6.08 Å². The molecule has 1 unspecified atom stereocenters. The standard InChI is InChI=1S/C22H36O8/c1-2-8-16(15-19(23)24)9-3-4-10-17-12-7-13-18(17)11-5-6-14-21(27,28)22(29,30)20(25)26/h4-6,10,16-18,27-30H,2-3,7-9,11-15H2,1H3,(H,23,24)(H,25,26)/b6-5-,10-4+/t16?,17-,18-/m0/s1. The van der Waals surface area contributed by atoms with E-state index in [0.717, 1.165) is 44.9 Å². The molecule has 0 spiro atoms. The Labute approximate surface area is 177 Å². The summed E-state index contributed by atoms with van der Waals surface area (Å²) in [6.07, 6.45) is 14.4. The normalized spacial score (nSPS) is 21.5. The number of allylic oxidation sites excluding steroid dienone is 3. The number of carbonyl (C=O) groups is 2. The largest absolute Gasteiger partial charge is 0.481 e. The second-order valence-electron chi connectivity index (χ2n) is 8.32. The molecular formula is C22H36O8. The van der Waals surface area contributed by atoms with E-state index >= 15 is 0 Å². The predicted octanol–water partition coefficient (Wildman–Crippen LogP) is 2.41. The van der Waals surface area contributed by atoms with Gasteiger partial charge in [0, 0.05) is 12.8 Å². The van der Waals surface area contributed by atoms with Gasteiger partial charge in [-0.25, -0.2) is 4.79 Å². The van der Waals surface area contributed by atoms with Crippen LogP contribution in [0.1, 0.15) is 71.1 Å². The van der Waals surface area contributed by atoms with Gasteiger partial charge in [-0.2, -0.15) is 0 Å². The lowest BCUT2D eigenvalue weighted by atomic mass is 9.90. The average Bonchev–Trinajstić information content (AvgIpc) is 3.09. The van der Waals surface area contributed by atoms with E-state index in [9.17, 15) is 30.0 Å². The summed E-state index contributed by atoms with van der Waals surface area (Å²) in [6.45, 7) is 2.06. The molecule has 3 atom stereocenters. The highest BCUT2D eigenvalue weighted by Crippen LogP contribution is 2.36. The lowest BCUT2D eigenvalue weighted by Gasteiger charge is -2.30. The number of carboxylic acid groups (broad SMARTS) is 2. The first kappa shape index (κ1) is 26.3. The summed E-state index contributed by atoms with van der Waals surface area (Å²) in [4.78, 5) is 21.7. The van der Waals surface area contributed by atoms with Crippen molar-refractivity contribution >= 4 is 11.9 Å². The zero-order chi connectivity index (χ0) is 22.8. The first-order chi connectivity index (χ1) is 14.0. The molecule has 1 saturated carbocycles. The van der Waals surface area contributed by atoms with Crippen LogP contribution in [0, 0.1) is 17.8 Å². The van der Waals surface area contributed by atoms with Crippen molar-refractivity contribution in [3.8, 4) is 0 Å². The van der Waals surface area contributed by atoms with Crippen LogP contribution in [-0.4, -0.2) is 54.2 Å². The minimum Gasteiger partial charge on any atom is -0.481 e. The summed E-state index contributed by atoms with van der Waals surface area (Å²) in [5, 5.41) is 55.5. The Balaban J connectivity index is 2.49. The number of aliphatic hydroxyl groups is 4. The Morgan fingerprint density at radius 1 is 1.03 bits per heavy atom. The molecule has 1 aliphatic rings. The maximum atomic E-state index is 10.9. The van der Waals surface area contributed by atoms with Crippen LogP contribution in [0.25, 0.3) is 0 Å². The van der Waals surface area contributed by atoms with Crippen LogP contribution < -0.4 is 0 Å². The van der Waals surface area contributed by atoms with Crippen LogP contribution in [0.15, 0.2) is 24.3 Å². The second kappa shape index (κ2) is 12.2. The summed E-state index contributed by atoms with van der Waals surface area (Å²) in [5.74, 6) is -8.75. The molecule has 1 rings (SSSR count). The van der Waals surface area contributed by atoms with Gasteiger partial charge in [0.15, 0.2) is 0 Å². The fourth-order valence-electron chi connectivity index (χ4n) is 4.05. The van der Waals surface area contributed by atoms with Crippen LogP contribution in [0.5, 0.6) is 0 Å². The zero-order valence-corrected chi connectivity index (χ0v) is 17.6. The lowest BCUT2D eigenvalue weighted by molar-refractivity contribution is -0.342. The van der Waals surface area contributed by atoms with Gasteiger partial charge in [0.25, 0.3) is 0 Å². The van der Waals surface area contributed by atoms with Gasteiger partial charge in [-0.1, -0.05) is 50.5 Å². The van der Waals surface area contributed by atoms with Crippen molar-refractivity contribution in [2.24, 2.45) is 17.8 Å². The first-order valence-electron chi connectivity index (χ1n) is 10.7. The van der Waals surface area contributed by atoms with Crippen LogP contribution in [0.4, 0.5) is 0 Å². The summed E-state index contributed by atoms with van der Waals surface area (Å²) in [5.41, 5.74) is 0. The number of aliphatic carboxylic acids is 2. The molecule has 0 aromatic rings. The highest BCUT2D eigenvalue weighted by Gasteiger charge is 2.53. The van der Waals surface area contributed by atoms with E-state index in [4.69, 9.17) is 10.2 Å². The fourth-order valence-corrected chi connectivity index (χ4v) is 4.05. The van der Waals surface area contributed by atoms with E-state index in [1.807, 2.05) is 0 Å². The third kappa shape index (κ3) is 8.18. The van der Waals surface area contributed by atoms with Gasteiger partial charge < -0.3 is 30.6 Å². The molecule has 0 aliphatic heterocycles. The van der Waals surface area contributed by atoms with E-state index in [0.29, 0.717) is 18.3 Å². The Hall–Kier alpha value is -1.74. The topological polar surface area (TPSA) is 156 Å². The maximum Gasteiger partial charge on any atom is 0.370 e. The van der Waals surface area contributed by atoms with Gasteiger partial charge >= 0.3 is 17.7 Å². The Bertz CT molecular complexity index is 608. The predicted molar refractivity (Wildman–Crippen MR) is 110 cm³/mol. The highest BCUT2D eigenvalue weighted by atomic mass is 16.6. The van der Waals surface area contributed by atoms with Gasteiger partial charge in [-0.05, 0) is 49.9 Å². The quantitative estimate of drug-likeness (QED) is 0.182. The van der Waals surface area contributed by atoms with Crippen LogP contribution in [0.3, 0.4) is 0 Å². The molecule has 30 heavy (non-hydrogen) atoms. The van der Waals surface area contributed by atoms with Gasteiger partial charge in [0.05, 0.1) is 0 Å². The summed E-state index contributed by atoms with van der Waals surface area (Å²) in [6, 6.07) is 0. The molecule has 0 saturated heterocycles. The molecule has 0 radical (unpaired) electrons. The molecule has 8 nitrogen and oxygen atoms in total. The molecule has 172 valence electrons. The maximum absolute atomic E-state index is 10.9. The van der Waals surface area contributed by atoms with Gasteiger partial charge in [0.1, 0.15) is 0 Å². The summed E-state index contributed by atoms with van der Waals surface area (Å²) in [7, 11) is 0. The van der Waals surface area contributed by atoms with E-state index in [2.05, 4.69) is 19.1 Å². The highest BCUT2D eigenvalue weighted by molar-refractivity contribution is 5.76. The molecule has 0 heterocycles. The van der Waals surface area contributed by atoms with Crippen molar-refractivity contribution in [3.63, 3.8) is 0 Å². The van der Waals surface area contributed by atoms with Crippen LogP contribution >= 0.6 is 0 Å². The number of hydrogen-bond acceptors (Lipinski definition) is 6. The molecule has 0 aromatic heterocycles. The molecule has 0 amide bonds. The third-order valence-corrected chi connectivity index (χ3v) is 5.87. The van der Waals surface area contributed by atoms with Gasteiger partial charge in [0.2, 0.25) is 5.79 Å². The first-order valence-corrected chi connectivity index (χ1v) is 10.7. The van der Waals surface area contributed by atoms with Crippen LogP contribution in [0.2, 0.25) is 0 Å². The van der Waals surface area contributed by atoms with Gasteiger partial charge in [-0.15, -0.1) is 0 Å². The van der Waals surface area contributed by atoms with Crippen LogP contribution in [-0.2, 0) is 9.59 Å². The molecule has 8 heteroatoms. The molecule has 0 bridgehead atoms. The van der Waals surface area contributed by atoms with Gasteiger partial charge in [-0.3, -0.25) is 4.79 Å². The average molecular weight is 429 g/mol. The number of rotatable bonds is 14. The van der Waals surface area contributed by atoms with Crippen molar-refractivity contribution in [2.45, 2.75) is 82.7 Å². The fraction of sp³-hybridized carbons (Fsp3) is 0.727. The molecule has 1 fully saturated rings. The molecule has 0 aromatic carbocycles. The summed E-state index contributed by atoms with van der Waals surface area (Å²) >= 11 is 0. The second-order valence-corrected chi connectivity index (χ2v) is 8.32. The molecule has 1 aliphatic carbocycles. The molecular weight excluding hydrogens is 392 g/mol. The Morgan fingerprint density at radius 2 is 1.73 bits per heavy atom. The van der Waals surface area contributed by atoms with E-state index in [-0.39, 0.29) is 12.3 Å². The van der Waals surface area contributed by atoms with E-state index < -0.39 is 29.9 Å². The Morgan fingerprint density at radius 3 is 2.33 bits per heavy atom. The van der Waals surface area contributed by atoms with Crippen molar-refractivity contribution in [2.75, 3.05) is 0 Å². The number of hydrogen-bond donors (Lipinski definition) is 6. The van der Waals surface area contributed by atoms with Crippen molar-refractivity contribution < 1.29 is 40.2 Å². The smallest absolute Gasteiger partial charge is 0.370 e. The molecule has 6 N–H and O–H groups in total. The lowest BCUT2D eigenvalue weighted by Crippen LogP contribution is -2.59. The SMILES string of the molecule is CCCC(CC/C=C/[C@H]1CCC[C@@H]1C/C=C\CC(O)(O)C(O)(O)C(=O)O)CC(=O)O. The summed E-state index contributed by atoms with van der Waals surface area (Å²) < 4.78 is 0. The third-order valence-electron chi connectivity index (χ3n) is 5.87. The Kier molecular flexibility index (Phi) is 10.7. The minimum absolute atomic E-state index is 0.202. The van der Waals surface area contributed by atoms with E-state index in [1.165, 1.54) is 6.08 Å². The minimum atomic E-state index is -3.65. The van der Waals surface area contributed by atoms with Crippen molar-refractivity contribution in [1.82, 2.24) is 0 Å². The monoisotopic (exact) mass is 428 g/mol. The zero-order valence-electron chi connectivity index (χ0n) is 17.6.